The molecular formula is C18H10Cl4. The third-order valence-electron chi connectivity index (χ3n) is 3.40. The van der Waals surface area contributed by atoms with Gasteiger partial charge in [0.05, 0.1) is 10.0 Å². The second-order valence-electron chi connectivity index (χ2n) is 4.80. The van der Waals surface area contributed by atoms with Crippen LogP contribution >= 0.6 is 46.4 Å². The van der Waals surface area contributed by atoms with Crippen molar-refractivity contribution in [3.8, 4) is 22.3 Å². The molecule has 0 saturated heterocycles. The Morgan fingerprint density at radius 2 is 0.909 bits per heavy atom. The molecule has 0 radical (unpaired) electrons. The van der Waals surface area contributed by atoms with E-state index in [9.17, 15) is 0 Å². The van der Waals surface area contributed by atoms with Crippen molar-refractivity contribution in [1.29, 1.82) is 0 Å². The van der Waals surface area contributed by atoms with Crippen LogP contribution in [0.4, 0.5) is 0 Å². The molecule has 22 heavy (non-hydrogen) atoms. The molecule has 0 N–H and O–H groups in total. The minimum atomic E-state index is 0.466. The van der Waals surface area contributed by atoms with E-state index in [1.807, 2.05) is 48.5 Å². The van der Waals surface area contributed by atoms with E-state index in [4.69, 9.17) is 46.4 Å². The van der Waals surface area contributed by atoms with Gasteiger partial charge in [0.2, 0.25) is 0 Å². The molecule has 3 rings (SSSR count). The second kappa shape index (κ2) is 6.52. The molecule has 3 aromatic rings. The Morgan fingerprint density at radius 1 is 0.455 bits per heavy atom. The van der Waals surface area contributed by atoms with E-state index in [1.165, 1.54) is 0 Å². The summed E-state index contributed by atoms with van der Waals surface area (Å²) < 4.78 is 0. The minimum Gasteiger partial charge on any atom is -0.0843 e. The lowest BCUT2D eigenvalue weighted by atomic mass is 10.0. The van der Waals surface area contributed by atoms with E-state index in [0.29, 0.717) is 15.1 Å². The van der Waals surface area contributed by atoms with Crippen LogP contribution in [0.2, 0.25) is 20.1 Å². The average molecular weight is 368 g/mol. The Hall–Kier alpha value is -1.18. The van der Waals surface area contributed by atoms with Gasteiger partial charge in [-0.05, 0) is 41.0 Å². The molecule has 0 aromatic heterocycles. The van der Waals surface area contributed by atoms with Crippen molar-refractivity contribution < 1.29 is 0 Å². The van der Waals surface area contributed by atoms with Crippen molar-refractivity contribution in [3.63, 3.8) is 0 Å². The van der Waals surface area contributed by atoms with Gasteiger partial charge >= 0.3 is 0 Å². The van der Waals surface area contributed by atoms with Crippen molar-refractivity contribution in [1.82, 2.24) is 0 Å². The monoisotopic (exact) mass is 366 g/mol. The molecule has 3 aromatic carbocycles. The summed E-state index contributed by atoms with van der Waals surface area (Å²) >= 11 is 24.5. The van der Waals surface area contributed by atoms with E-state index < -0.39 is 0 Å². The van der Waals surface area contributed by atoms with Crippen molar-refractivity contribution in [2.75, 3.05) is 0 Å². The first-order chi connectivity index (χ1) is 10.6. The lowest BCUT2D eigenvalue weighted by Gasteiger charge is -2.10. The topological polar surface area (TPSA) is 0 Å². The molecule has 4 heteroatoms. The van der Waals surface area contributed by atoms with Gasteiger partial charge in [-0.1, -0.05) is 82.8 Å². The summed E-state index contributed by atoms with van der Waals surface area (Å²) in [6.07, 6.45) is 0. The van der Waals surface area contributed by atoms with Crippen molar-refractivity contribution in [2.24, 2.45) is 0 Å². The average Bonchev–Trinajstić information content (AvgIpc) is 2.53. The van der Waals surface area contributed by atoms with Gasteiger partial charge in [0.25, 0.3) is 0 Å². The number of hydrogen-bond acceptors (Lipinski definition) is 0. The number of hydrogen-bond donors (Lipinski definition) is 0. The number of rotatable bonds is 2. The highest BCUT2D eigenvalue weighted by Gasteiger charge is 2.11. The maximum atomic E-state index is 6.28. The smallest absolute Gasteiger partial charge is 0.0685 e. The van der Waals surface area contributed by atoms with Crippen LogP contribution in [-0.2, 0) is 0 Å². The number of halogens is 4. The van der Waals surface area contributed by atoms with E-state index in [0.717, 1.165) is 27.3 Å². The molecule has 0 bridgehead atoms. The van der Waals surface area contributed by atoms with Crippen LogP contribution in [-0.4, -0.2) is 0 Å². The Bertz CT molecular complexity index is 806. The van der Waals surface area contributed by atoms with E-state index in [-0.39, 0.29) is 0 Å². The first-order valence-corrected chi connectivity index (χ1v) is 8.07. The van der Waals surface area contributed by atoms with Gasteiger partial charge in [-0.2, -0.15) is 0 Å². The van der Waals surface area contributed by atoms with Gasteiger partial charge in [0, 0.05) is 15.6 Å². The first kappa shape index (κ1) is 15.7. The van der Waals surface area contributed by atoms with Crippen LogP contribution in [0.15, 0.2) is 60.7 Å². The standard InChI is InChI=1S/C18H10Cl4/c19-14-7-5-12(6-8-14)11-1-3-13(4-2-11)17-15(20)9-10-16(21)18(17)22/h1-10H. The summed E-state index contributed by atoms with van der Waals surface area (Å²) in [5.41, 5.74) is 3.86. The van der Waals surface area contributed by atoms with Gasteiger partial charge in [-0.15, -0.1) is 0 Å². The quantitative estimate of drug-likeness (QED) is 0.408. The van der Waals surface area contributed by atoms with Crippen molar-refractivity contribution >= 4 is 46.4 Å². The summed E-state index contributed by atoms with van der Waals surface area (Å²) in [4.78, 5) is 0. The Labute approximate surface area is 149 Å². The van der Waals surface area contributed by atoms with Gasteiger partial charge in [-0.25, -0.2) is 0 Å². The fourth-order valence-corrected chi connectivity index (χ4v) is 3.14. The zero-order valence-electron chi connectivity index (χ0n) is 11.3. The Kier molecular flexibility index (Phi) is 4.65. The predicted octanol–water partition coefficient (Wildman–Crippen LogP) is 7.63. The lowest BCUT2D eigenvalue weighted by Crippen LogP contribution is -1.84. The summed E-state index contributed by atoms with van der Waals surface area (Å²) in [5.74, 6) is 0. The third-order valence-corrected chi connectivity index (χ3v) is 4.77. The second-order valence-corrected chi connectivity index (χ2v) is 6.43. The SMILES string of the molecule is Clc1ccc(-c2ccc(-c3c(Cl)ccc(Cl)c3Cl)cc2)cc1. The third kappa shape index (κ3) is 3.11. The molecule has 0 aliphatic heterocycles. The highest BCUT2D eigenvalue weighted by atomic mass is 35.5. The van der Waals surface area contributed by atoms with Crippen LogP contribution < -0.4 is 0 Å². The Morgan fingerprint density at radius 3 is 1.50 bits per heavy atom. The number of benzene rings is 3. The van der Waals surface area contributed by atoms with Gasteiger partial charge in [-0.3, -0.25) is 0 Å². The van der Waals surface area contributed by atoms with E-state index in [1.54, 1.807) is 12.1 Å². The molecule has 0 amide bonds. The minimum absolute atomic E-state index is 0.466. The summed E-state index contributed by atoms with van der Waals surface area (Å²) in [5, 5.41) is 2.25. The normalized spacial score (nSPS) is 10.7. The molecule has 110 valence electrons. The van der Waals surface area contributed by atoms with Crippen molar-refractivity contribution in [2.45, 2.75) is 0 Å². The molecule has 0 unspecified atom stereocenters. The molecule has 0 nitrogen and oxygen atoms in total. The summed E-state index contributed by atoms with van der Waals surface area (Å²) in [6, 6.07) is 19.1. The molecule has 0 atom stereocenters. The molecule has 0 aliphatic carbocycles. The van der Waals surface area contributed by atoms with Gasteiger partial charge in [0.1, 0.15) is 0 Å². The fourth-order valence-electron chi connectivity index (χ4n) is 2.26. The van der Waals surface area contributed by atoms with Crippen molar-refractivity contribution in [3.05, 3.63) is 80.8 Å². The zero-order chi connectivity index (χ0) is 15.7. The van der Waals surface area contributed by atoms with Crippen LogP contribution in [0.5, 0.6) is 0 Å². The molecule has 0 spiro atoms. The fraction of sp³-hybridized carbons (Fsp3) is 0. The highest BCUT2D eigenvalue weighted by molar-refractivity contribution is 6.46. The van der Waals surface area contributed by atoms with E-state index in [2.05, 4.69) is 0 Å². The summed E-state index contributed by atoms with van der Waals surface area (Å²) in [6.45, 7) is 0. The van der Waals surface area contributed by atoms with Gasteiger partial charge in [0.15, 0.2) is 0 Å². The van der Waals surface area contributed by atoms with Crippen LogP contribution in [0.25, 0.3) is 22.3 Å². The predicted molar refractivity (Wildman–Crippen MR) is 97.4 cm³/mol. The molecular weight excluding hydrogens is 358 g/mol. The Balaban J connectivity index is 2.02. The maximum Gasteiger partial charge on any atom is 0.0685 e. The van der Waals surface area contributed by atoms with Crippen LogP contribution in [0, 0.1) is 0 Å². The first-order valence-electron chi connectivity index (χ1n) is 6.56. The molecule has 0 saturated carbocycles. The summed E-state index contributed by atoms with van der Waals surface area (Å²) in [7, 11) is 0. The van der Waals surface area contributed by atoms with Crippen LogP contribution in [0.1, 0.15) is 0 Å². The van der Waals surface area contributed by atoms with E-state index >= 15 is 0 Å². The lowest BCUT2D eigenvalue weighted by molar-refractivity contribution is 1.59. The van der Waals surface area contributed by atoms with Crippen LogP contribution in [0.3, 0.4) is 0 Å². The molecule has 0 aliphatic rings. The molecule has 0 fully saturated rings. The molecule has 0 heterocycles. The largest absolute Gasteiger partial charge is 0.0843 e. The zero-order valence-corrected chi connectivity index (χ0v) is 14.3. The highest BCUT2D eigenvalue weighted by Crippen LogP contribution is 2.39. The maximum absolute atomic E-state index is 6.28. The van der Waals surface area contributed by atoms with Gasteiger partial charge < -0.3 is 0 Å².